The van der Waals surface area contributed by atoms with Gasteiger partial charge in [0.15, 0.2) is 0 Å². The van der Waals surface area contributed by atoms with E-state index in [0.717, 1.165) is 26.2 Å². The number of ether oxygens (including phenoxy) is 1. The summed E-state index contributed by atoms with van der Waals surface area (Å²) in [4.78, 5) is 0. The summed E-state index contributed by atoms with van der Waals surface area (Å²) in [6.07, 6.45) is 7.84. The lowest BCUT2D eigenvalue weighted by Gasteiger charge is -2.28. The Hall–Kier alpha value is -0.120. The molecule has 3 N–H and O–H groups in total. The molecule has 2 fully saturated rings. The van der Waals surface area contributed by atoms with Crippen molar-refractivity contribution in [3.05, 3.63) is 0 Å². The molecule has 1 aliphatic carbocycles. The van der Waals surface area contributed by atoms with Gasteiger partial charge in [-0.15, -0.1) is 0 Å². The highest BCUT2D eigenvalue weighted by molar-refractivity contribution is 4.91. The first-order valence-electron chi connectivity index (χ1n) is 5.89. The minimum atomic E-state index is -0.0859. The van der Waals surface area contributed by atoms with Gasteiger partial charge in [-0.05, 0) is 19.3 Å². The van der Waals surface area contributed by atoms with Gasteiger partial charge in [-0.2, -0.15) is 0 Å². The van der Waals surface area contributed by atoms with E-state index in [0.29, 0.717) is 6.04 Å². The minimum absolute atomic E-state index is 0.0859. The van der Waals surface area contributed by atoms with Gasteiger partial charge >= 0.3 is 0 Å². The van der Waals surface area contributed by atoms with Gasteiger partial charge < -0.3 is 15.8 Å². The molecule has 82 valence electrons. The van der Waals surface area contributed by atoms with Crippen LogP contribution in [0, 0.1) is 0 Å². The van der Waals surface area contributed by atoms with Crippen molar-refractivity contribution in [3.63, 3.8) is 0 Å². The van der Waals surface area contributed by atoms with Crippen LogP contribution in [0.5, 0.6) is 0 Å². The largest absolute Gasteiger partial charge is 0.379 e. The topological polar surface area (TPSA) is 47.3 Å². The van der Waals surface area contributed by atoms with Crippen LogP contribution in [-0.2, 0) is 4.74 Å². The van der Waals surface area contributed by atoms with Crippen molar-refractivity contribution in [3.8, 4) is 0 Å². The summed E-state index contributed by atoms with van der Waals surface area (Å²) in [5, 5.41) is 3.60. The Kier molecular flexibility index (Phi) is 3.42. The molecule has 2 aliphatic rings. The van der Waals surface area contributed by atoms with E-state index < -0.39 is 0 Å². The summed E-state index contributed by atoms with van der Waals surface area (Å²) >= 11 is 0. The second kappa shape index (κ2) is 4.60. The summed E-state index contributed by atoms with van der Waals surface area (Å²) in [7, 11) is 0. The summed E-state index contributed by atoms with van der Waals surface area (Å²) in [6.45, 7) is 2.49. The number of rotatable bonds is 3. The maximum Gasteiger partial charge on any atom is 0.0659 e. The number of hydrogen-bond acceptors (Lipinski definition) is 3. The van der Waals surface area contributed by atoms with Gasteiger partial charge in [0, 0.05) is 19.2 Å². The SMILES string of the molecule is NC1(CNC2CCCCC2)CCOC1. The second-order valence-electron chi connectivity index (χ2n) is 4.88. The number of hydrogen-bond donors (Lipinski definition) is 2. The maximum atomic E-state index is 6.19. The molecule has 1 atom stereocenters. The molecule has 0 aromatic carbocycles. The molecular formula is C11H22N2O. The van der Waals surface area contributed by atoms with Crippen LogP contribution < -0.4 is 11.1 Å². The lowest BCUT2D eigenvalue weighted by molar-refractivity contribution is 0.175. The number of nitrogens with two attached hydrogens (primary N) is 1. The van der Waals surface area contributed by atoms with E-state index in [9.17, 15) is 0 Å². The highest BCUT2D eigenvalue weighted by atomic mass is 16.5. The summed E-state index contributed by atoms with van der Waals surface area (Å²) in [6, 6.07) is 0.713. The van der Waals surface area contributed by atoms with Crippen molar-refractivity contribution in [2.75, 3.05) is 19.8 Å². The quantitative estimate of drug-likeness (QED) is 0.712. The van der Waals surface area contributed by atoms with Gasteiger partial charge in [0.25, 0.3) is 0 Å². The Labute approximate surface area is 86.4 Å². The first-order chi connectivity index (χ1) is 6.79. The van der Waals surface area contributed by atoms with Gasteiger partial charge in [-0.1, -0.05) is 19.3 Å². The van der Waals surface area contributed by atoms with Crippen molar-refractivity contribution in [1.82, 2.24) is 5.32 Å². The van der Waals surface area contributed by atoms with E-state index in [2.05, 4.69) is 5.32 Å². The first kappa shape index (κ1) is 10.4. The predicted octanol–water partition coefficient (Wildman–Crippen LogP) is 1.03. The molecule has 1 saturated heterocycles. The van der Waals surface area contributed by atoms with Crippen molar-refractivity contribution >= 4 is 0 Å². The fourth-order valence-electron chi connectivity index (χ4n) is 2.42. The van der Waals surface area contributed by atoms with E-state index in [1.54, 1.807) is 0 Å². The average molecular weight is 198 g/mol. The monoisotopic (exact) mass is 198 g/mol. The van der Waals surface area contributed by atoms with Gasteiger partial charge in [0.05, 0.1) is 12.1 Å². The fraction of sp³-hybridized carbons (Fsp3) is 1.00. The van der Waals surface area contributed by atoms with Crippen LogP contribution in [0.1, 0.15) is 38.5 Å². The van der Waals surface area contributed by atoms with Gasteiger partial charge in [0.2, 0.25) is 0 Å². The number of nitrogens with one attached hydrogen (secondary N) is 1. The van der Waals surface area contributed by atoms with Gasteiger partial charge in [-0.25, -0.2) is 0 Å². The molecule has 1 saturated carbocycles. The van der Waals surface area contributed by atoms with E-state index in [-0.39, 0.29) is 5.54 Å². The van der Waals surface area contributed by atoms with Gasteiger partial charge in [0.1, 0.15) is 0 Å². The molecule has 14 heavy (non-hydrogen) atoms. The second-order valence-corrected chi connectivity index (χ2v) is 4.88. The first-order valence-corrected chi connectivity index (χ1v) is 5.89. The summed E-state index contributed by atoms with van der Waals surface area (Å²) < 4.78 is 5.33. The zero-order chi connectivity index (χ0) is 9.86. The van der Waals surface area contributed by atoms with Crippen LogP contribution in [0.3, 0.4) is 0 Å². The predicted molar refractivity (Wildman–Crippen MR) is 57.2 cm³/mol. The normalized spacial score (nSPS) is 34.9. The summed E-state index contributed by atoms with van der Waals surface area (Å²) in [5.41, 5.74) is 6.10. The molecule has 0 radical (unpaired) electrons. The van der Waals surface area contributed by atoms with Crippen molar-refractivity contribution < 1.29 is 4.74 Å². The Morgan fingerprint density at radius 3 is 2.71 bits per heavy atom. The highest BCUT2D eigenvalue weighted by Gasteiger charge is 2.30. The van der Waals surface area contributed by atoms with Crippen LogP contribution in [0.4, 0.5) is 0 Å². The van der Waals surface area contributed by atoms with E-state index in [1.807, 2.05) is 0 Å². The summed E-state index contributed by atoms with van der Waals surface area (Å²) in [5.74, 6) is 0. The van der Waals surface area contributed by atoms with E-state index in [4.69, 9.17) is 10.5 Å². The lowest BCUT2D eigenvalue weighted by atomic mass is 9.93. The molecule has 3 heteroatoms. The third-order valence-electron chi connectivity index (χ3n) is 3.48. The molecule has 0 bridgehead atoms. The van der Waals surface area contributed by atoms with E-state index in [1.165, 1.54) is 32.1 Å². The molecule has 1 unspecified atom stereocenters. The van der Waals surface area contributed by atoms with Crippen molar-refractivity contribution in [2.24, 2.45) is 5.73 Å². The van der Waals surface area contributed by atoms with Crippen molar-refractivity contribution in [1.29, 1.82) is 0 Å². The van der Waals surface area contributed by atoms with Crippen LogP contribution in [-0.4, -0.2) is 31.3 Å². The minimum Gasteiger partial charge on any atom is -0.379 e. The lowest BCUT2D eigenvalue weighted by Crippen LogP contribution is -2.51. The Balaban J connectivity index is 1.70. The van der Waals surface area contributed by atoms with Crippen LogP contribution in [0.15, 0.2) is 0 Å². The molecular weight excluding hydrogens is 176 g/mol. The standard InChI is InChI=1S/C11H22N2O/c12-11(6-7-14-9-11)8-13-10-4-2-1-3-5-10/h10,13H,1-9,12H2. The van der Waals surface area contributed by atoms with Crippen molar-refractivity contribution in [2.45, 2.75) is 50.1 Å². The van der Waals surface area contributed by atoms with Crippen LogP contribution in [0.2, 0.25) is 0 Å². The van der Waals surface area contributed by atoms with Crippen LogP contribution >= 0.6 is 0 Å². The molecule has 1 heterocycles. The van der Waals surface area contributed by atoms with Crippen LogP contribution in [0.25, 0.3) is 0 Å². The third kappa shape index (κ3) is 2.69. The molecule has 2 rings (SSSR count). The third-order valence-corrected chi connectivity index (χ3v) is 3.48. The Morgan fingerprint density at radius 2 is 2.07 bits per heavy atom. The molecule has 0 aromatic rings. The molecule has 0 spiro atoms. The molecule has 0 aromatic heterocycles. The average Bonchev–Trinajstić information content (AvgIpc) is 2.65. The Morgan fingerprint density at radius 1 is 1.29 bits per heavy atom. The smallest absolute Gasteiger partial charge is 0.0659 e. The fourth-order valence-corrected chi connectivity index (χ4v) is 2.42. The Bertz CT molecular complexity index is 172. The van der Waals surface area contributed by atoms with Gasteiger partial charge in [-0.3, -0.25) is 0 Å². The highest BCUT2D eigenvalue weighted by Crippen LogP contribution is 2.19. The zero-order valence-electron chi connectivity index (χ0n) is 8.93. The maximum absolute atomic E-state index is 6.19. The van der Waals surface area contributed by atoms with E-state index >= 15 is 0 Å². The zero-order valence-corrected chi connectivity index (χ0v) is 8.93. The molecule has 1 aliphatic heterocycles. The molecule has 3 nitrogen and oxygen atoms in total. The molecule has 0 amide bonds.